The van der Waals surface area contributed by atoms with Crippen molar-refractivity contribution in [2.45, 2.75) is 26.4 Å². The molecule has 0 aliphatic heterocycles. The minimum atomic E-state index is -1.40. The van der Waals surface area contributed by atoms with Crippen LogP contribution in [0.4, 0.5) is 22.0 Å². The minimum Gasteiger partial charge on any atom is -0.475 e. The fourth-order valence-corrected chi connectivity index (χ4v) is 3.01. The number of pyridine rings is 2. The number of aromatic nitrogens is 4. The summed E-state index contributed by atoms with van der Waals surface area (Å²) in [7, 11) is 1.43. The topological polar surface area (TPSA) is 166 Å². The molecule has 34 heavy (non-hydrogen) atoms. The van der Waals surface area contributed by atoms with Crippen molar-refractivity contribution in [1.29, 1.82) is 0 Å². The molecule has 0 saturated carbocycles. The maximum atomic E-state index is 12.9. The second-order valence-electron chi connectivity index (χ2n) is 8.12. The molecular formula is C21H20N6O7. The maximum Gasteiger partial charge on any atom is 0.414 e. The van der Waals surface area contributed by atoms with Gasteiger partial charge in [0.25, 0.3) is 11.3 Å². The molecule has 0 aliphatic carbocycles. The normalized spacial score (nSPS) is 11.4. The van der Waals surface area contributed by atoms with Gasteiger partial charge in [0.1, 0.15) is 28.9 Å². The molecule has 13 nitrogen and oxygen atoms in total. The highest BCUT2D eigenvalue weighted by Crippen LogP contribution is 2.31. The summed E-state index contributed by atoms with van der Waals surface area (Å²) >= 11 is 0. The van der Waals surface area contributed by atoms with Crippen molar-refractivity contribution in [2.75, 3.05) is 17.3 Å². The van der Waals surface area contributed by atoms with E-state index in [2.05, 4.69) is 20.4 Å². The first-order valence-corrected chi connectivity index (χ1v) is 9.94. The Morgan fingerprint density at radius 1 is 1.26 bits per heavy atom. The fraction of sp³-hybridized carbons (Fsp3) is 0.238. The van der Waals surface area contributed by atoms with Crippen molar-refractivity contribution >= 4 is 40.3 Å². The number of nitrogens with one attached hydrogen (secondary N) is 1. The van der Waals surface area contributed by atoms with Gasteiger partial charge < -0.3 is 24.1 Å². The number of amides is 1. The summed E-state index contributed by atoms with van der Waals surface area (Å²) in [4.78, 5) is 46.5. The highest BCUT2D eigenvalue weighted by Gasteiger charge is 2.27. The van der Waals surface area contributed by atoms with Crippen LogP contribution < -0.4 is 15.8 Å². The molecule has 0 spiro atoms. The third kappa shape index (κ3) is 4.30. The molecule has 0 bridgehead atoms. The van der Waals surface area contributed by atoms with Crippen molar-refractivity contribution in [1.82, 2.24) is 19.7 Å². The Morgan fingerprint density at radius 2 is 2.03 bits per heavy atom. The van der Waals surface area contributed by atoms with Gasteiger partial charge in [-0.25, -0.2) is 24.1 Å². The molecule has 0 unspecified atom stereocenters. The van der Waals surface area contributed by atoms with Gasteiger partial charge in [0.05, 0.1) is 11.9 Å². The van der Waals surface area contributed by atoms with E-state index in [1.165, 1.54) is 42.4 Å². The van der Waals surface area contributed by atoms with Gasteiger partial charge in [-0.1, -0.05) is 5.16 Å². The number of ether oxygens (including phenoxy) is 1. The van der Waals surface area contributed by atoms with E-state index in [0.29, 0.717) is 0 Å². The number of rotatable bonds is 5. The van der Waals surface area contributed by atoms with E-state index in [9.17, 15) is 19.5 Å². The molecule has 0 radical (unpaired) electrons. The van der Waals surface area contributed by atoms with Gasteiger partial charge in [0.15, 0.2) is 5.52 Å². The molecule has 0 saturated heterocycles. The maximum absolute atomic E-state index is 12.9. The number of carboxylic acids is 1. The predicted molar refractivity (Wildman–Crippen MR) is 119 cm³/mol. The molecular weight excluding hydrogens is 448 g/mol. The van der Waals surface area contributed by atoms with E-state index in [-0.39, 0.29) is 34.2 Å². The first-order valence-electron chi connectivity index (χ1n) is 9.94. The van der Waals surface area contributed by atoms with Crippen LogP contribution in [0.2, 0.25) is 0 Å². The molecule has 1 amide bonds. The van der Waals surface area contributed by atoms with Gasteiger partial charge in [-0.05, 0) is 32.9 Å². The number of carbonyl (C=O) groups excluding carboxylic acids is 1. The van der Waals surface area contributed by atoms with Crippen LogP contribution in [0.25, 0.3) is 17.0 Å². The van der Waals surface area contributed by atoms with E-state index in [1.54, 1.807) is 26.8 Å². The summed E-state index contributed by atoms with van der Waals surface area (Å²) in [5, 5.41) is 16.1. The first-order chi connectivity index (χ1) is 16.0. The van der Waals surface area contributed by atoms with Crippen molar-refractivity contribution in [2.24, 2.45) is 0 Å². The number of hydrogen-bond acceptors (Lipinski definition) is 10. The number of carboxylic acid groups (broad SMARTS) is 1. The number of anilines is 3. The Balaban J connectivity index is 1.81. The Kier molecular flexibility index (Phi) is 5.53. The van der Waals surface area contributed by atoms with Crippen LogP contribution in [0.5, 0.6) is 0 Å². The second-order valence-corrected chi connectivity index (χ2v) is 8.12. The average molecular weight is 468 g/mol. The lowest BCUT2D eigenvalue weighted by molar-refractivity contribution is 0.0588. The largest absolute Gasteiger partial charge is 0.475 e. The van der Waals surface area contributed by atoms with Gasteiger partial charge in [-0.15, -0.1) is 0 Å². The van der Waals surface area contributed by atoms with Crippen LogP contribution in [0, 0.1) is 0 Å². The van der Waals surface area contributed by atoms with Crippen molar-refractivity contribution < 1.29 is 28.4 Å². The minimum absolute atomic E-state index is 0.0292. The van der Waals surface area contributed by atoms with E-state index < -0.39 is 29.0 Å². The zero-order valence-electron chi connectivity index (χ0n) is 18.6. The Morgan fingerprint density at radius 3 is 2.68 bits per heavy atom. The van der Waals surface area contributed by atoms with Crippen LogP contribution in [-0.2, 0) is 4.74 Å². The molecule has 0 aromatic carbocycles. The number of hydrogen-bond donors (Lipinski definition) is 2. The molecule has 13 heteroatoms. The molecule has 4 aromatic heterocycles. The zero-order valence-corrected chi connectivity index (χ0v) is 18.6. The van der Waals surface area contributed by atoms with Crippen LogP contribution >= 0.6 is 0 Å². The molecule has 2 N–H and O–H groups in total. The highest BCUT2D eigenvalue weighted by molar-refractivity contribution is 6.05. The van der Waals surface area contributed by atoms with E-state index >= 15 is 0 Å². The number of aromatic carboxylic acids is 1. The molecule has 4 aromatic rings. The highest BCUT2D eigenvalue weighted by atomic mass is 16.6. The Labute approximate surface area is 191 Å². The van der Waals surface area contributed by atoms with E-state index in [1.807, 2.05) is 0 Å². The Hall–Kier alpha value is -4.68. The van der Waals surface area contributed by atoms with Crippen molar-refractivity contribution in [3.63, 3.8) is 0 Å². The summed E-state index contributed by atoms with van der Waals surface area (Å²) in [6.07, 6.45) is 3.49. The summed E-state index contributed by atoms with van der Waals surface area (Å²) in [5.41, 5.74) is -1.12. The van der Waals surface area contributed by atoms with E-state index in [0.717, 1.165) is 4.90 Å². The van der Waals surface area contributed by atoms with Crippen molar-refractivity contribution in [3.8, 4) is 6.01 Å². The Bertz CT molecular complexity index is 1430. The number of carbonyl (C=O) groups is 2. The van der Waals surface area contributed by atoms with Crippen molar-refractivity contribution in [3.05, 3.63) is 53.0 Å². The molecule has 0 atom stereocenters. The van der Waals surface area contributed by atoms with Crippen LogP contribution in [0.15, 0.2) is 50.6 Å². The lowest BCUT2D eigenvalue weighted by Gasteiger charge is -2.25. The monoisotopic (exact) mass is 468 g/mol. The van der Waals surface area contributed by atoms with Crippen LogP contribution in [0.1, 0.15) is 31.3 Å². The third-order valence-electron chi connectivity index (χ3n) is 4.47. The predicted octanol–water partition coefficient (Wildman–Crippen LogP) is 3.17. The number of oxazole rings is 1. The van der Waals surface area contributed by atoms with Crippen LogP contribution in [0.3, 0.4) is 0 Å². The smallest absolute Gasteiger partial charge is 0.414 e. The fourth-order valence-electron chi connectivity index (χ4n) is 3.01. The number of fused-ring (bicyclic) bond motifs is 1. The van der Waals surface area contributed by atoms with Gasteiger partial charge in [-0.3, -0.25) is 9.69 Å². The van der Waals surface area contributed by atoms with Gasteiger partial charge in [-0.2, -0.15) is 0 Å². The molecule has 0 aliphatic rings. The van der Waals surface area contributed by atoms with Crippen LogP contribution in [-0.4, -0.2) is 49.5 Å². The summed E-state index contributed by atoms with van der Waals surface area (Å²) < 4.78 is 16.7. The van der Waals surface area contributed by atoms with E-state index in [4.69, 9.17) is 13.7 Å². The zero-order chi connectivity index (χ0) is 24.6. The standard InChI is InChI=1S/C21H20N6O7/c1-21(2,3)33-20(31)26(4)12-10-13(24-15-14(12)25-34-16(15)18(29)30)23-11-6-5-8-27(17(11)28)19-22-7-9-32-19/h5-10H,1-4H3,(H,23,24)(H,29,30). The summed E-state index contributed by atoms with van der Waals surface area (Å²) in [5.74, 6) is -1.86. The lowest BCUT2D eigenvalue weighted by atomic mass is 10.2. The quantitative estimate of drug-likeness (QED) is 0.441. The van der Waals surface area contributed by atoms with Gasteiger partial charge in [0, 0.05) is 19.3 Å². The first kappa shape index (κ1) is 22.5. The summed E-state index contributed by atoms with van der Waals surface area (Å²) in [6, 6.07) is 4.57. The lowest BCUT2D eigenvalue weighted by Crippen LogP contribution is -2.34. The third-order valence-corrected chi connectivity index (χ3v) is 4.47. The number of nitrogens with zero attached hydrogens (tertiary/aromatic N) is 5. The average Bonchev–Trinajstić information content (AvgIpc) is 3.43. The SMILES string of the molecule is CN(C(=O)OC(C)(C)C)c1cc(Nc2cccn(-c3ncco3)c2=O)nc2c(C(=O)O)onc12. The molecule has 4 heterocycles. The summed E-state index contributed by atoms with van der Waals surface area (Å²) in [6.45, 7) is 5.13. The molecule has 0 fully saturated rings. The van der Waals surface area contributed by atoms with Gasteiger partial charge >= 0.3 is 18.1 Å². The second kappa shape index (κ2) is 8.35. The molecule has 4 rings (SSSR count). The van der Waals surface area contributed by atoms with Gasteiger partial charge in [0.2, 0.25) is 0 Å². The molecule has 176 valence electrons.